The van der Waals surface area contributed by atoms with Crippen LogP contribution >= 0.6 is 11.3 Å². The summed E-state index contributed by atoms with van der Waals surface area (Å²) in [4.78, 5) is 5.54. The maximum atomic E-state index is 4.25. The van der Waals surface area contributed by atoms with Crippen molar-refractivity contribution >= 4 is 11.3 Å². The zero-order valence-corrected chi connectivity index (χ0v) is 7.58. The number of rotatable bonds is 2. The fraction of sp³-hybridized carbons (Fsp3) is 0.250. The Labute approximate surface area is 74.7 Å². The Morgan fingerprint density at radius 1 is 1.58 bits per heavy atom. The number of nitrogens with zero attached hydrogens (tertiary/aromatic N) is 3. The third-order valence-electron chi connectivity index (χ3n) is 1.59. The van der Waals surface area contributed by atoms with Crippen molar-refractivity contribution in [3.63, 3.8) is 0 Å². The van der Waals surface area contributed by atoms with Crippen LogP contribution in [0.15, 0.2) is 24.7 Å². The molecule has 0 aliphatic rings. The van der Waals surface area contributed by atoms with Crippen molar-refractivity contribution in [1.82, 2.24) is 14.8 Å². The average Bonchev–Trinajstić information content (AvgIpc) is 2.75. The number of hydrogen-bond donors (Lipinski definition) is 0. The molecule has 2 rings (SSSR count). The van der Waals surface area contributed by atoms with Crippen LogP contribution in [0.4, 0.5) is 0 Å². The minimum atomic E-state index is 0.942. The second kappa shape index (κ2) is 3.06. The second-order valence-corrected chi connectivity index (χ2v) is 3.51. The minimum absolute atomic E-state index is 0.942. The summed E-state index contributed by atoms with van der Waals surface area (Å²) >= 11 is 1.68. The van der Waals surface area contributed by atoms with Gasteiger partial charge in [0.25, 0.3) is 0 Å². The topological polar surface area (TPSA) is 30.7 Å². The van der Waals surface area contributed by atoms with Gasteiger partial charge in [-0.2, -0.15) is 5.10 Å². The van der Waals surface area contributed by atoms with Crippen LogP contribution in [0.2, 0.25) is 0 Å². The van der Waals surface area contributed by atoms with Crippen molar-refractivity contribution in [3.8, 4) is 5.13 Å². The van der Waals surface area contributed by atoms with E-state index in [1.165, 1.54) is 4.88 Å². The van der Waals surface area contributed by atoms with E-state index in [1.54, 1.807) is 22.2 Å². The molecule has 0 bridgehead atoms. The van der Waals surface area contributed by atoms with Gasteiger partial charge in [-0.25, -0.2) is 9.67 Å². The van der Waals surface area contributed by atoms with Crippen molar-refractivity contribution in [2.24, 2.45) is 0 Å². The maximum Gasteiger partial charge on any atom is 0.210 e. The number of aromatic nitrogens is 3. The number of aryl methyl sites for hydroxylation is 1. The first-order valence-corrected chi connectivity index (χ1v) is 4.66. The van der Waals surface area contributed by atoms with Crippen molar-refractivity contribution in [2.45, 2.75) is 13.3 Å². The summed E-state index contributed by atoms with van der Waals surface area (Å²) in [6.07, 6.45) is 6.60. The molecule has 0 radical (unpaired) electrons. The first-order chi connectivity index (χ1) is 5.90. The van der Waals surface area contributed by atoms with Gasteiger partial charge in [0.2, 0.25) is 5.13 Å². The van der Waals surface area contributed by atoms with Crippen LogP contribution in [0, 0.1) is 0 Å². The van der Waals surface area contributed by atoms with Crippen LogP contribution in [0.3, 0.4) is 0 Å². The molecule has 0 unspecified atom stereocenters. The van der Waals surface area contributed by atoms with Crippen LogP contribution in [-0.4, -0.2) is 14.8 Å². The Bertz CT molecular complexity index is 350. The summed E-state index contributed by atoms with van der Waals surface area (Å²) in [6, 6.07) is 1.90. The molecule has 62 valence electrons. The molecular weight excluding hydrogens is 170 g/mol. The number of thiazole rings is 1. The monoisotopic (exact) mass is 179 g/mol. The molecular formula is C8H9N3S. The molecule has 0 aliphatic heterocycles. The van der Waals surface area contributed by atoms with E-state index >= 15 is 0 Å². The van der Waals surface area contributed by atoms with Gasteiger partial charge in [0.15, 0.2) is 0 Å². The van der Waals surface area contributed by atoms with Gasteiger partial charge in [-0.3, -0.25) is 0 Å². The molecule has 2 heterocycles. The van der Waals surface area contributed by atoms with Crippen LogP contribution in [0.5, 0.6) is 0 Å². The van der Waals surface area contributed by atoms with Crippen LogP contribution in [-0.2, 0) is 6.42 Å². The van der Waals surface area contributed by atoms with Gasteiger partial charge < -0.3 is 0 Å². The van der Waals surface area contributed by atoms with Gasteiger partial charge in [-0.1, -0.05) is 18.3 Å². The van der Waals surface area contributed by atoms with Gasteiger partial charge in [0, 0.05) is 23.5 Å². The van der Waals surface area contributed by atoms with Crippen LogP contribution in [0.25, 0.3) is 5.13 Å². The van der Waals surface area contributed by atoms with Crippen molar-refractivity contribution in [3.05, 3.63) is 29.5 Å². The summed E-state index contributed by atoms with van der Waals surface area (Å²) < 4.78 is 1.78. The Hall–Kier alpha value is -1.16. The lowest BCUT2D eigenvalue weighted by molar-refractivity contribution is 0.869. The molecule has 0 saturated carbocycles. The van der Waals surface area contributed by atoms with E-state index in [0.717, 1.165) is 11.6 Å². The molecule has 0 saturated heterocycles. The largest absolute Gasteiger partial charge is 0.227 e. The highest BCUT2D eigenvalue weighted by Crippen LogP contribution is 2.16. The molecule has 4 heteroatoms. The van der Waals surface area contributed by atoms with E-state index < -0.39 is 0 Å². The van der Waals surface area contributed by atoms with Crippen LogP contribution < -0.4 is 0 Å². The number of hydrogen-bond acceptors (Lipinski definition) is 3. The fourth-order valence-corrected chi connectivity index (χ4v) is 1.74. The van der Waals surface area contributed by atoms with Crippen LogP contribution in [0.1, 0.15) is 11.8 Å². The van der Waals surface area contributed by atoms with Crippen molar-refractivity contribution in [1.29, 1.82) is 0 Å². The van der Waals surface area contributed by atoms with Crippen molar-refractivity contribution in [2.75, 3.05) is 0 Å². The molecule has 0 fully saturated rings. The molecule has 2 aromatic rings. The first-order valence-electron chi connectivity index (χ1n) is 3.85. The normalized spacial score (nSPS) is 10.4. The molecule has 0 amide bonds. The summed E-state index contributed by atoms with van der Waals surface area (Å²) in [5.74, 6) is 0. The Morgan fingerprint density at radius 2 is 2.50 bits per heavy atom. The smallest absolute Gasteiger partial charge is 0.210 e. The summed E-state index contributed by atoms with van der Waals surface area (Å²) in [5, 5.41) is 5.04. The summed E-state index contributed by atoms with van der Waals surface area (Å²) in [7, 11) is 0. The van der Waals surface area contributed by atoms with E-state index in [0.29, 0.717) is 0 Å². The Morgan fingerprint density at radius 3 is 3.08 bits per heavy atom. The summed E-state index contributed by atoms with van der Waals surface area (Å²) in [5.41, 5.74) is 0. The minimum Gasteiger partial charge on any atom is -0.227 e. The molecule has 2 aromatic heterocycles. The molecule has 0 spiro atoms. The highest BCUT2D eigenvalue weighted by Gasteiger charge is 2.01. The lowest BCUT2D eigenvalue weighted by Gasteiger charge is -1.90. The van der Waals surface area contributed by atoms with Gasteiger partial charge in [0.1, 0.15) is 0 Å². The fourth-order valence-electron chi connectivity index (χ4n) is 0.949. The van der Waals surface area contributed by atoms with E-state index in [4.69, 9.17) is 0 Å². The van der Waals surface area contributed by atoms with E-state index in [2.05, 4.69) is 17.0 Å². The van der Waals surface area contributed by atoms with E-state index in [1.807, 2.05) is 18.5 Å². The quantitative estimate of drug-likeness (QED) is 0.704. The van der Waals surface area contributed by atoms with Gasteiger partial charge in [0.05, 0.1) is 0 Å². The Balaban J connectivity index is 2.35. The highest BCUT2D eigenvalue weighted by molar-refractivity contribution is 7.14. The van der Waals surface area contributed by atoms with E-state index in [9.17, 15) is 0 Å². The molecule has 0 N–H and O–H groups in total. The average molecular weight is 179 g/mol. The molecule has 12 heavy (non-hydrogen) atoms. The molecule has 0 atom stereocenters. The molecule has 0 aromatic carbocycles. The molecule has 3 nitrogen and oxygen atoms in total. The zero-order chi connectivity index (χ0) is 8.39. The SMILES string of the molecule is CCc1cnc(-n2cccn2)s1. The third-order valence-corrected chi connectivity index (χ3v) is 2.72. The lowest BCUT2D eigenvalue weighted by Crippen LogP contribution is -1.91. The first kappa shape index (κ1) is 7.49. The summed E-state index contributed by atoms with van der Waals surface area (Å²) in [6.45, 7) is 2.13. The lowest BCUT2D eigenvalue weighted by atomic mass is 10.4. The third kappa shape index (κ3) is 1.25. The van der Waals surface area contributed by atoms with Gasteiger partial charge in [-0.15, -0.1) is 0 Å². The molecule has 0 aliphatic carbocycles. The Kier molecular flexibility index (Phi) is 1.91. The predicted octanol–water partition coefficient (Wildman–Crippen LogP) is 1.89. The van der Waals surface area contributed by atoms with Crippen molar-refractivity contribution < 1.29 is 0 Å². The zero-order valence-electron chi connectivity index (χ0n) is 6.77. The maximum absolute atomic E-state index is 4.25. The van der Waals surface area contributed by atoms with Gasteiger partial charge in [-0.05, 0) is 12.5 Å². The van der Waals surface area contributed by atoms with Gasteiger partial charge >= 0.3 is 0 Å². The van der Waals surface area contributed by atoms with E-state index in [-0.39, 0.29) is 0 Å². The second-order valence-electron chi connectivity index (χ2n) is 2.41. The highest BCUT2D eigenvalue weighted by atomic mass is 32.1. The standard InChI is InChI=1S/C8H9N3S/c1-2-7-6-9-8(12-7)11-5-3-4-10-11/h3-6H,2H2,1H3. The predicted molar refractivity (Wildman–Crippen MR) is 48.6 cm³/mol.